The summed E-state index contributed by atoms with van der Waals surface area (Å²) in [6.07, 6.45) is 19.0. The van der Waals surface area contributed by atoms with Gasteiger partial charge in [0.05, 0.1) is 5.70 Å². The first-order chi connectivity index (χ1) is 28.0. The minimum absolute atomic E-state index is 0.0928. The molecule has 280 valence electrons. The van der Waals surface area contributed by atoms with Crippen molar-refractivity contribution in [1.82, 2.24) is 0 Å². The molecule has 0 heterocycles. The van der Waals surface area contributed by atoms with E-state index in [1.807, 2.05) is 0 Å². The van der Waals surface area contributed by atoms with Gasteiger partial charge in [0.1, 0.15) is 0 Å². The third kappa shape index (κ3) is 8.30. The maximum Gasteiger partial charge on any atom is 0.0671 e. The van der Waals surface area contributed by atoms with Gasteiger partial charge in [0, 0.05) is 11.6 Å². The van der Waals surface area contributed by atoms with Gasteiger partial charge in [-0.2, -0.15) is 0 Å². The van der Waals surface area contributed by atoms with Crippen LogP contribution in [0.3, 0.4) is 0 Å². The molecule has 57 heavy (non-hydrogen) atoms. The van der Waals surface area contributed by atoms with Crippen LogP contribution in [0.2, 0.25) is 0 Å². The van der Waals surface area contributed by atoms with Crippen molar-refractivity contribution in [1.29, 1.82) is 0 Å². The van der Waals surface area contributed by atoms with Crippen LogP contribution in [0.15, 0.2) is 188 Å². The number of fused-ring (bicyclic) bond motifs is 1. The molecule has 0 radical (unpaired) electrons. The molecule has 0 N–H and O–H groups in total. The quantitative estimate of drug-likeness (QED) is 0.117. The molecule has 0 aliphatic heterocycles. The van der Waals surface area contributed by atoms with Gasteiger partial charge in [0.25, 0.3) is 0 Å². The lowest BCUT2D eigenvalue weighted by atomic mass is 9.83. The highest BCUT2D eigenvalue weighted by atomic mass is 14.8. The molecule has 2 aliphatic rings. The fraction of sp³-hybridized carbons (Fsp3) is 0.161. The molecule has 6 aromatic rings. The highest BCUT2D eigenvalue weighted by molar-refractivity contribution is 6.03. The summed E-state index contributed by atoms with van der Waals surface area (Å²) >= 11 is 0. The van der Waals surface area contributed by atoms with Crippen molar-refractivity contribution in [3.05, 3.63) is 222 Å². The number of aliphatic imine (C=N–C) groups is 1. The van der Waals surface area contributed by atoms with E-state index in [0.29, 0.717) is 0 Å². The standard InChI is InChI=1S/C56H51N/c1-5-42-22-15-27-53(56(42)54-28-16-23-47-19-12-13-26-52(47)54)48-35-33-46(34-36-48)51-25-14-24-50(38-51)41(4)57-55(49-20-10-7-11-21-49)37-39(2)40(3)43-29-31-45(32-30-43)44-17-8-6-9-18-44/h7-8,10-33,35,37-39H,3,5-6,9,34,36H2,1-2,4H3/b55-37-,57-41?. The lowest BCUT2D eigenvalue weighted by Crippen LogP contribution is -2.01. The second-order valence-corrected chi connectivity index (χ2v) is 15.3. The van der Waals surface area contributed by atoms with Gasteiger partial charge in [-0.1, -0.05) is 190 Å². The smallest absolute Gasteiger partial charge is 0.0671 e. The van der Waals surface area contributed by atoms with Crippen LogP contribution in [0.1, 0.15) is 85.4 Å². The van der Waals surface area contributed by atoms with Gasteiger partial charge in [-0.25, -0.2) is 0 Å². The molecule has 0 spiro atoms. The Labute approximate surface area is 339 Å². The monoisotopic (exact) mass is 737 g/mol. The van der Waals surface area contributed by atoms with Crippen molar-refractivity contribution in [3.8, 4) is 11.1 Å². The predicted octanol–water partition coefficient (Wildman–Crippen LogP) is 15.3. The minimum atomic E-state index is 0.0928. The summed E-state index contributed by atoms with van der Waals surface area (Å²) in [5, 5.41) is 2.59. The Kier molecular flexibility index (Phi) is 11.4. The van der Waals surface area contributed by atoms with Crippen LogP contribution < -0.4 is 0 Å². The van der Waals surface area contributed by atoms with E-state index in [0.717, 1.165) is 65.8 Å². The van der Waals surface area contributed by atoms with Crippen molar-refractivity contribution >= 4 is 44.5 Å². The molecule has 1 nitrogen and oxygen atoms in total. The van der Waals surface area contributed by atoms with Gasteiger partial charge in [0.2, 0.25) is 0 Å². The number of rotatable bonds is 11. The molecular formula is C56H51N. The molecule has 2 aliphatic carbocycles. The first-order valence-corrected chi connectivity index (χ1v) is 20.6. The van der Waals surface area contributed by atoms with E-state index < -0.39 is 0 Å². The van der Waals surface area contributed by atoms with Crippen molar-refractivity contribution in [2.24, 2.45) is 10.9 Å². The Balaban J connectivity index is 1.07. The summed E-state index contributed by atoms with van der Waals surface area (Å²) in [5.74, 6) is 0.0928. The predicted molar refractivity (Wildman–Crippen MR) is 248 cm³/mol. The molecule has 1 atom stereocenters. The highest BCUT2D eigenvalue weighted by Gasteiger charge is 2.18. The SMILES string of the molecule is C=C(c1ccc(C2=CCCC=C2)cc1)C(C)/C=C(\N=C(C)c1cccc(C2=CC=C(c3cccc(CC)c3-c3cccc4ccccc34)CC2)c1)c1ccccc1. The highest BCUT2D eigenvalue weighted by Crippen LogP contribution is 2.41. The number of allylic oxidation sites excluding steroid dienone is 10. The second kappa shape index (κ2) is 17.2. The Morgan fingerprint density at radius 1 is 0.684 bits per heavy atom. The molecule has 0 aromatic heterocycles. The third-order valence-electron chi connectivity index (χ3n) is 11.6. The number of hydrogen-bond donors (Lipinski definition) is 0. The lowest BCUT2D eigenvalue weighted by molar-refractivity contribution is 0.966. The molecule has 0 amide bonds. The minimum Gasteiger partial charge on any atom is -0.253 e. The normalized spacial score (nSPS) is 15.2. The van der Waals surface area contributed by atoms with Gasteiger partial charge in [-0.3, -0.25) is 4.99 Å². The van der Waals surface area contributed by atoms with Gasteiger partial charge in [-0.05, 0) is 128 Å². The van der Waals surface area contributed by atoms with Gasteiger partial charge in [0.15, 0.2) is 0 Å². The van der Waals surface area contributed by atoms with E-state index in [1.165, 1.54) is 60.9 Å². The molecular weight excluding hydrogens is 687 g/mol. The summed E-state index contributed by atoms with van der Waals surface area (Å²) in [6.45, 7) is 11.2. The van der Waals surface area contributed by atoms with E-state index >= 15 is 0 Å². The van der Waals surface area contributed by atoms with E-state index in [1.54, 1.807) is 0 Å². The topological polar surface area (TPSA) is 12.4 Å². The summed E-state index contributed by atoms with van der Waals surface area (Å²) < 4.78 is 0. The maximum absolute atomic E-state index is 5.31. The van der Waals surface area contributed by atoms with Crippen LogP contribution >= 0.6 is 0 Å². The Bertz CT molecular complexity index is 2620. The Morgan fingerprint density at radius 2 is 1.39 bits per heavy atom. The first kappa shape index (κ1) is 37.6. The molecule has 8 rings (SSSR count). The van der Waals surface area contributed by atoms with Crippen LogP contribution in [0.5, 0.6) is 0 Å². The van der Waals surface area contributed by atoms with Crippen LogP contribution in [-0.4, -0.2) is 5.71 Å². The van der Waals surface area contributed by atoms with Crippen molar-refractivity contribution in [3.63, 3.8) is 0 Å². The van der Waals surface area contributed by atoms with Gasteiger partial charge < -0.3 is 0 Å². The zero-order valence-corrected chi connectivity index (χ0v) is 33.5. The van der Waals surface area contributed by atoms with Crippen LogP contribution in [0.4, 0.5) is 0 Å². The average Bonchev–Trinajstić information content (AvgIpc) is 3.28. The van der Waals surface area contributed by atoms with Crippen LogP contribution in [0.25, 0.3) is 49.9 Å². The molecule has 0 fully saturated rings. The van der Waals surface area contributed by atoms with E-state index in [4.69, 9.17) is 4.99 Å². The van der Waals surface area contributed by atoms with Crippen LogP contribution in [0, 0.1) is 5.92 Å². The summed E-state index contributed by atoms with van der Waals surface area (Å²) in [4.78, 5) is 5.31. The number of hydrogen-bond acceptors (Lipinski definition) is 1. The largest absolute Gasteiger partial charge is 0.253 e. The summed E-state index contributed by atoms with van der Waals surface area (Å²) in [5.41, 5.74) is 18.4. The first-order valence-electron chi connectivity index (χ1n) is 20.6. The molecule has 0 saturated heterocycles. The number of aryl methyl sites for hydroxylation is 1. The van der Waals surface area contributed by atoms with Gasteiger partial charge in [-0.15, -0.1) is 0 Å². The summed E-state index contributed by atoms with van der Waals surface area (Å²) in [6, 6.07) is 50.6. The Morgan fingerprint density at radius 3 is 2.16 bits per heavy atom. The fourth-order valence-corrected chi connectivity index (χ4v) is 8.33. The molecule has 0 bridgehead atoms. The molecule has 1 heteroatoms. The second-order valence-electron chi connectivity index (χ2n) is 15.3. The zero-order chi connectivity index (χ0) is 39.1. The maximum atomic E-state index is 5.31. The molecule has 1 unspecified atom stereocenters. The van der Waals surface area contributed by atoms with E-state index in [2.05, 4.69) is 203 Å². The number of benzene rings is 6. The van der Waals surface area contributed by atoms with E-state index in [9.17, 15) is 0 Å². The lowest BCUT2D eigenvalue weighted by Gasteiger charge is -2.21. The fourth-order valence-electron chi connectivity index (χ4n) is 8.33. The molecule has 0 saturated carbocycles. The van der Waals surface area contributed by atoms with Crippen molar-refractivity contribution < 1.29 is 0 Å². The van der Waals surface area contributed by atoms with Crippen molar-refractivity contribution in [2.45, 2.75) is 52.9 Å². The van der Waals surface area contributed by atoms with Gasteiger partial charge >= 0.3 is 0 Å². The third-order valence-corrected chi connectivity index (χ3v) is 11.6. The zero-order valence-electron chi connectivity index (χ0n) is 33.5. The van der Waals surface area contributed by atoms with E-state index in [-0.39, 0.29) is 5.92 Å². The van der Waals surface area contributed by atoms with Crippen molar-refractivity contribution in [2.75, 3.05) is 0 Å². The number of nitrogens with zero attached hydrogens (tertiary/aromatic N) is 1. The Hall–Kier alpha value is -6.31. The van der Waals surface area contributed by atoms with Crippen LogP contribution in [-0.2, 0) is 6.42 Å². The molecule has 6 aromatic carbocycles. The average molecular weight is 738 g/mol. The summed E-state index contributed by atoms with van der Waals surface area (Å²) in [7, 11) is 0.